The standard InChI is InChI=1S/C9H10FNO3S/c1-14-8-5-9-7(4-6(8)10)11-2-3-15(9,12)13/h4-5,11H,2-3H2,1H3. The Labute approximate surface area is 87.0 Å². The van der Waals surface area contributed by atoms with Crippen molar-refractivity contribution in [2.45, 2.75) is 4.90 Å². The van der Waals surface area contributed by atoms with E-state index in [2.05, 4.69) is 5.32 Å². The first-order valence-corrected chi connectivity index (χ1v) is 6.04. The predicted molar refractivity (Wildman–Crippen MR) is 53.5 cm³/mol. The highest BCUT2D eigenvalue weighted by Gasteiger charge is 2.25. The Morgan fingerprint density at radius 1 is 1.47 bits per heavy atom. The molecule has 0 unspecified atom stereocenters. The lowest BCUT2D eigenvalue weighted by molar-refractivity contribution is 0.385. The summed E-state index contributed by atoms with van der Waals surface area (Å²) in [7, 11) is -2.00. The van der Waals surface area contributed by atoms with Crippen molar-refractivity contribution in [1.29, 1.82) is 0 Å². The minimum absolute atomic E-state index is 0.0226. The Hall–Kier alpha value is -1.30. The van der Waals surface area contributed by atoms with Gasteiger partial charge in [-0.15, -0.1) is 0 Å². The van der Waals surface area contributed by atoms with Crippen molar-refractivity contribution in [3.8, 4) is 5.75 Å². The molecule has 1 N–H and O–H groups in total. The summed E-state index contributed by atoms with van der Waals surface area (Å²) in [6, 6.07) is 2.36. The fraction of sp³-hybridized carbons (Fsp3) is 0.333. The number of halogens is 1. The van der Waals surface area contributed by atoms with Crippen LogP contribution in [0.5, 0.6) is 5.75 Å². The molecule has 0 amide bonds. The van der Waals surface area contributed by atoms with Gasteiger partial charge in [-0.2, -0.15) is 0 Å². The Kier molecular flexibility index (Phi) is 2.30. The lowest BCUT2D eigenvalue weighted by Crippen LogP contribution is -2.23. The molecule has 0 fully saturated rings. The molecule has 0 atom stereocenters. The van der Waals surface area contributed by atoms with Gasteiger partial charge >= 0.3 is 0 Å². The molecule has 0 saturated heterocycles. The highest BCUT2D eigenvalue weighted by molar-refractivity contribution is 7.91. The summed E-state index contributed by atoms with van der Waals surface area (Å²) in [4.78, 5) is 0.104. The first-order chi connectivity index (χ1) is 7.04. The molecule has 0 aliphatic carbocycles. The maximum atomic E-state index is 13.3. The first kappa shape index (κ1) is 10.2. The molecule has 6 heteroatoms. The van der Waals surface area contributed by atoms with Gasteiger partial charge in [0.2, 0.25) is 0 Å². The van der Waals surface area contributed by atoms with Crippen molar-refractivity contribution in [3.05, 3.63) is 17.9 Å². The van der Waals surface area contributed by atoms with E-state index >= 15 is 0 Å². The quantitative estimate of drug-likeness (QED) is 0.733. The van der Waals surface area contributed by atoms with Gasteiger partial charge in [0, 0.05) is 18.7 Å². The molecule has 1 aromatic rings. The molecule has 0 bridgehead atoms. The van der Waals surface area contributed by atoms with Crippen LogP contribution in [0.3, 0.4) is 0 Å². The molecule has 2 rings (SSSR count). The van der Waals surface area contributed by atoms with Gasteiger partial charge < -0.3 is 10.1 Å². The average Bonchev–Trinajstić information content (AvgIpc) is 2.16. The van der Waals surface area contributed by atoms with Gasteiger partial charge in [-0.3, -0.25) is 0 Å². The highest BCUT2D eigenvalue weighted by atomic mass is 32.2. The Morgan fingerprint density at radius 3 is 2.87 bits per heavy atom. The molecule has 1 aromatic carbocycles. The number of methoxy groups -OCH3 is 1. The van der Waals surface area contributed by atoms with Crippen LogP contribution in [0.4, 0.5) is 10.1 Å². The Balaban J connectivity index is 2.67. The minimum Gasteiger partial charge on any atom is -0.494 e. The van der Waals surface area contributed by atoms with Gasteiger partial charge in [-0.05, 0) is 0 Å². The number of anilines is 1. The fourth-order valence-electron chi connectivity index (χ4n) is 1.52. The largest absolute Gasteiger partial charge is 0.494 e. The summed E-state index contributed by atoms with van der Waals surface area (Å²) >= 11 is 0. The lowest BCUT2D eigenvalue weighted by Gasteiger charge is -2.19. The van der Waals surface area contributed by atoms with E-state index in [1.807, 2.05) is 0 Å². The van der Waals surface area contributed by atoms with Crippen molar-refractivity contribution in [1.82, 2.24) is 0 Å². The van der Waals surface area contributed by atoms with Gasteiger partial charge in [0.05, 0.1) is 23.4 Å². The number of sulfone groups is 1. The normalized spacial score (nSPS) is 17.7. The minimum atomic E-state index is -3.30. The van der Waals surface area contributed by atoms with Crippen molar-refractivity contribution < 1.29 is 17.5 Å². The van der Waals surface area contributed by atoms with E-state index < -0.39 is 15.7 Å². The van der Waals surface area contributed by atoms with Crippen molar-refractivity contribution in [2.75, 3.05) is 24.7 Å². The Bertz CT molecular complexity index is 498. The van der Waals surface area contributed by atoms with E-state index in [4.69, 9.17) is 4.74 Å². The molecule has 1 heterocycles. The SMILES string of the molecule is COc1cc2c(cc1F)NCCS2(=O)=O. The molecule has 4 nitrogen and oxygen atoms in total. The van der Waals surface area contributed by atoms with E-state index in [-0.39, 0.29) is 16.4 Å². The molecular weight excluding hydrogens is 221 g/mol. The second kappa shape index (κ2) is 3.37. The summed E-state index contributed by atoms with van der Waals surface area (Å²) < 4.78 is 41.3. The maximum absolute atomic E-state index is 13.3. The number of hydrogen-bond acceptors (Lipinski definition) is 4. The van der Waals surface area contributed by atoms with Gasteiger partial charge in [-0.1, -0.05) is 0 Å². The summed E-state index contributed by atoms with van der Waals surface area (Å²) in [6.45, 7) is 0.307. The van der Waals surface area contributed by atoms with Gasteiger partial charge in [0.1, 0.15) is 0 Å². The molecule has 15 heavy (non-hydrogen) atoms. The van der Waals surface area contributed by atoms with Crippen LogP contribution >= 0.6 is 0 Å². The van der Waals surface area contributed by atoms with Crippen molar-refractivity contribution >= 4 is 15.5 Å². The molecule has 82 valence electrons. The highest BCUT2D eigenvalue weighted by Crippen LogP contribution is 2.32. The molecule has 0 saturated carbocycles. The van der Waals surface area contributed by atoms with E-state index in [0.717, 1.165) is 6.07 Å². The van der Waals surface area contributed by atoms with Gasteiger partial charge in [0.15, 0.2) is 21.4 Å². The number of ether oxygens (including phenoxy) is 1. The van der Waals surface area contributed by atoms with Crippen LogP contribution in [-0.2, 0) is 9.84 Å². The van der Waals surface area contributed by atoms with Crippen LogP contribution in [0.1, 0.15) is 0 Å². The lowest BCUT2D eigenvalue weighted by atomic mass is 10.3. The first-order valence-electron chi connectivity index (χ1n) is 4.39. The molecule has 0 aromatic heterocycles. The Morgan fingerprint density at radius 2 is 2.20 bits per heavy atom. The number of benzene rings is 1. The fourth-order valence-corrected chi connectivity index (χ4v) is 2.86. The van der Waals surface area contributed by atoms with E-state index in [9.17, 15) is 12.8 Å². The average molecular weight is 231 g/mol. The zero-order chi connectivity index (χ0) is 11.1. The zero-order valence-electron chi connectivity index (χ0n) is 8.08. The van der Waals surface area contributed by atoms with Crippen LogP contribution in [0.2, 0.25) is 0 Å². The van der Waals surface area contributed by atoms with Crippen LogP contribution < -0.4 is 10.1 Å². The summed E-state index contributed by atoms with van der Waals surface area (Å²) in [6.07, 6.45) is 0. The number of nitrogens with one attached hydrogen (secondary N) is 1. The summed E-state index contributed by atoms with van der Waals surface area (Å²) in [5.74, 6) is -0.601. The summed E-state index contributed by atoms with van der Waals surface area (Å²) in [5.41, 5.74) is 0.305. The van der Waals surface area contributed by atoms with Crippen molar-refractivity contribution in [3.63, 3.8) is 0 Å². The third-order valence-electron chi connectivity index (χ3n) is 2.28. The van der Waals surface area contributed by atoms with Crippen LogP contribution in [0.15, 0.2) is 17.0 Å². The van der Waals surface area contributed by atoms with Crippen LogP contribution in [0, 0.1) is 5.82 Å². The van der Waals surface area contributed by atoms with E-state index in [1.54, 1.807) is 0 Å². The number of fused-ring (bicyclic) bond motifs is 1. The third-order valence-corrected chi connectivity index (χ3v) is 4.02. The number of rotatable bonds is 1. The van der Waals surface area contributed by atoms with Gasteiger partial charge in [0.25, 0.3) is 0 Å². The molecular formula is C9H10FNO3S. The zero-order valence-corrected chi connectivity index (χ0v) is 8.90. The van der Waals surface area contributed by atoms with Crippen molar-refractivity contribution in [2.24, 2.45) is 0 Å². The molecule has 0 radical (unpaired) electrons. The van der Waals surface area contributed by atoms with Crippen LogP contribution in [-0.4, -0.2) is 27.8 Å². The summed E-state index contributed by atoms with van der Waals surface area (Å²) in [5, 5.41) is 2.84. The van der Waals surface area contributed by atoms with E-state index in [0.29, 0.717) is 12.2 Å². The number of hydrogen-bond donors (Lipinski definition) is 1. The second-order valence-corrected chi connectivity index (χ2v) is 5.31. The monoisotopic (exact) mass is 231 g/mol. The smallest absolute Gasteiger partial charge is 0.182 e. The third kappa shape index (κ3) is 1.65. The second-order valence-electron chi connectivity index (χ2n) is 3.23. The van der Waals surface area contributed by atoms with Gasteiger partial charge in [-0.25, -0.2) is 12.8 Å². The van der Waals surface area contributed by atoms with Crippen LogP contribution in [0.25, 0.3) is 0 Å². The maximum Gasteiger partial charge on any atom is 0.182 e. The molecule has 1 aliphatic heterocycles. The topological polar surface area (TPSA) is 55.4 Å². The predicted octanol–water partition coefficient (Wildman–Crippen LogP) is 1.03. The van der Waals surface area contributed by atoms with E-state index in [1.165, 1.54) is 13.2 Å². The molecule has 1 aliphatic rings. The molecule has 0 spiro atoms.